The maximum Gasteiger partial charge on any atom is 0.228 e. The number of hydrogen-bond acceptors (Lipinski definition) is 4. The van der Waals surface area contributed by atoms with E-state index >= 15 is 0 Å². The first-order valence-corrected chi connectivity index (χ1v) is 6.56. The van der Waals surface area contributed by atoms with E-state index in [0.717, 1.165) is 0 Å². The van der Waals surface area contributed by atoms with Gasteiger partial charge in [-0.25, -0.2) is 0 Å². The molecule has 0 aliphatic heterocycles. The molecule has 2 N–H and O–H groups in total. The highest BCUT2D eigenvalue weighted by Gasteiger charge is 2.23. The monoisotopic (exact) mass is 259 g/mol. The maximum atomic E-state index is 6.12. The summed E-state index contributed by atoms with van der Waals surface area (Å²) in [4.78, 5) is 4.40. The van der Waals surface area contributed by atoms with Crippen molar-refractivity contribution in [1.29, 1.82) is 0 Å². The Kier molecular flexibility index (Phi) is 4.00. The molecule has 19 heavy (non-hydrogen) atoms. The fraction of sp³-hybridized carbons (Fsp3) is 0.467. The third-order valence-electron chi connectivity index (χ3n) is 3.22. The van der Waals surface area contributed by atoms with Gasteiger partial charge in [0.1, 0.15) is 0 Å². The Labute approximate surface area is 114 Å². The van der Waals surface area contributed by atoms with Gasteiger partial charge in [-0.1, -0.05) is 56.3 Å². The molecule has 102 valence electrons. The van der Waals surface area contributed by atoms with Crippen LogP contribution >= 0.6 is 0 Å². The van der Waals surface area contributed by atoms with E-state index in [0.29, 0.717) is 24.6 Å². The number of nitrogens with zero attached hydrogens (tertiary/aromatic N) is 2. The molecule has 0 fully saturated rings. The molecule has 0 radical (unpaired) electrons. The van der Waals surface area contributed by atoms with Crippen molar-refractivity contribution in [2.45, 2.75) is 39.7 Å². The van der Waals surface area contributed by atoms with Gasteiger partial charge in [-0.2, -0.15) is 4.98 Å². The first-order valence-electron chi connectivity index (χ1n) is 6.56. The molecule has 2 rings (SSSR count). The van der Waals surface area contributed by atoms with Gasteiger partial charge in [-0.3, -0.25) is 0 Å². The Balaban J connectivity index is 2.00. The van der Waals surface area contributed by atoms with Gasteiger partial charge < -0.3 is 10.3 Å². The minimum atomic E-state index is 0.0116. The van der Waals surface area contributed by atoms with E-state index in [2.05, 4.69) is 43.0 Å². The molecule has 0 saturated heterocycles. The summed E-state index contributed by atoms with van der Waals surface area (Å²) < 4.78 is 5.26. The highest BCUT2D eigenvalue weighted by atomic mass is 16.5. The van der Waals surface area contributed by atoms with E-state index in [4.69, 9.17) is 10.3 Å². The summed E-state index contributed by atoms with van der Waals surface area (Å²) in [6, 6.07) is 10.1. The fourth-order valence-electron chi connectivity index (χ4n) is 1.72. The summed E-state index contributed by atoms with van der Waals surface area (Å²) >= 11 is 0. The van der Waals surface area contributed by atoms with E-state index in [1.165, 1.54) is 5.56 Å². The number of nitrogens with two attached hydrogens (primary N) is 1. The maximum absolute atomic E-state index is 6.12. The highest BCUT2D eigenvalue weighted by Crippen LogP contribution is 2.20. The average molecular weight is 259 g/mol. The molecular weight excluding hydrogens is 238 g/mol. The second kappa shape index (κ2) is 5.53. The number of aromatic nitrogens is 2. The quantitative estimate of drug-likeness (QED) is 0.916. The van der Waals surface area contributed by atoms with Crippen molar-refractivity contribution in [1.82, 2.24) is 10.1 Å². The van der Waals surface area contributed by atoms with Crippen LogP contribution in [0.15, 0.2) is 34.9 Å². The van der Waals surface area contributed by atoms with Crippen molar-refractivity contribution in [3.8, 4) is 0 Å². The first-order chi connectivity index (χ1) is 8.95. The van der Waals surface area contributed by atoms with Crippen molar-refractivity contribution < 1.29 is 4.52 Å². The van der Waals surface area contributed by atoms with Crippen LogP contribution in [0.5, 0.6) is 0 Å². The predicted octanol–water partition coefficient (Wildman–Crippen LogP) is 2.58. The fourth-order valence-corrected chi connectivity index (χ4v) is 1.72. The van der Waals surface area contributed by atoms with Crippen LogP contribution in [0.1, 0.15) is 38.0 Å². The van der Waals surface area contributed by atoms with Gasteiger partial charge in [-0.15, -0.1) is 0 Å². The summed E-state index contributed by atoms with van der Waals surface area (Å²) in [6.45, 7) is 6.33. The topological polar surface area (TPSA) is 64.9 Å². The van der Waals surface area contributed by atoms with Crippen LogP contribution in [0.4, 0.5) is 0 Å². The first kappa shape index (κ1) is 13.7. The van der Waals surface area contributed by atoms with Crippen LogP contribution < -0.4 is 5.73 Å². The number of rotatable bonds is 4. The molecular formula is C15H21N3O. The zero-order chi connectivity index (χ0) is 13.9. The van der Waals surface area contributed by atoms with Gasteiger partial charge in [0.15, 0.2) is 5.82 Å². The van der Waals surface area contributed by atoms with E-state index in [-0.39, 0.29) is 11.5 Å². The molecule has 0 bridgehead atoms. The van der Waals surface area contributed by atoms with Crippen LogP contribution in [-0.2, 0) is 12.8 Å². The molecule has 0 saturated carbocycles. The minimum Gasteiger partial charge on any atom is -0.339 e. The molecule has 1 aromatic heterocycles. The van der Waals surface area contributed by atoms with Crippen molar-refractivity contribution in [2.75, 3.05) is 0 Å². The van der Waals surface area contributed by atoms with E-state index < -0.39 is 0 Å². The van der Waals surface area contributed by atoms with Crippen molar-refractivity contribution >= 4 is 0 Å². The van der Waals surface area contributed by atoms with E-state index in [9.17, 15) is 0 Å². The van der Waals surface area contributed by atoms with Gasteiger partial charge >= 0.3 is 0 Å². The highest BCUT2D eigenvalue weighted by molar-refractivity contribution is 5.18. The minimum absolute atomic E-state index is 0.0116. The van der Waals surface area contributed by atoms with Crippen molar-refractivity contribution in [3.63, 3.8) is 0 Å². The Morgan fingerprint density at radius 3 is 2.53 bits per heavy atom. The van der Waals surface area contributed by atoms with Gasteiger partial charge in [-0.05, 0) is 11.0 Å². The standard InChI is InChI=1S/C15H21N3O/c1-15(2,3)12(16)10-14-17-13(18-19-14)9-11-7-5-4-6-8-11/h4-8,12H,9-10,16H2,1-3H3. The molecule has 0 spiro atoms. The Morgan fingerprint density at radius 2 is 1.89 bits per heavy atom. The second-order valence-corrected chi connectivity index (χ2v) is 5.94. The second-order valence-electron chi connectivity index (χ2n) is 5.94. The lowest BCUT2D eigenvalue weighted by atomic mass is 9.85. The van der Waals surface area contributed by atoms with Gasteiger partial charge in [0.05, 0.1) is 0 Å². The zero-order valence-electron chi connectivity index (χ0n) is 11.8. The molecule has 1 heterocycles. The predicted molar refractivity (Wildman–Crippen MR) is 74.7 cm³/mol. The normalized spacial score (nSPS) is 13.5. The summed E-state index contributed by atoms with van der Waals surface area (Å²) in [5, 5.41) is 4.00. The third-order valence-corrected chi connectivity index (χ3v) is 3.22. The van der Waals surface area contributed by atoms with Crippen LogP contribution in [0.2, 0.25) is 0 Å². The third kappa shape index (κ3) is 3.89. The Bertz CT molecular complexity index is 514. The van der Waals surface area contributed by atoms with Crippen LogP contribution in [0, 0.1) is 5.41 Å². The van der Waals surface area contributed by atoms with Crippen LogP contribution in [0.25, 0.3) is 0 Å². The zero-order valence-corrected chi connectivity index (χ0v) is 11.8. The van der Waals surface area contributed by atoms with Crippen molar-refractivity contribution in [2.24, 2.45) is 11.1 Å². The number of hydrogen-bond donors (Lipinski definition) is 1. The molecule has 2 aromatic rings. The smallest absolute Gasteiger partial charge is 0.228 e. The molecule has 4 nitrogen and oxygen atoms in total. The summed E-state index contributed by atoms with van der Waals surface area (Å²) in [5.41, 5.74) is 7.33. The Morgan fingerprint density at radius 1 is 1.21 bits per heavy atom. The Hall–Kier alpha value is -1.68. The van der Waals surface area contributed by atoms with Gasteiger partial charge in [0.2, 0.25) is 5.89 Å². The summed E-state index contributed by atoms with van der Waals surface area (Å²) in [6.07, 6.45) is 1.31. The molecule has 0 amide bonds. The van der Waals surface area contributed by atoms with Gasteiger partial charge in [0, 0.05) is 18.9 Å². The molecule has 4 heteroatoms. The lowest BCUT2D eigenvalue weighted by Gasteiger charge is -2.25. The average Bonchev–Trinajstić information content (AvgIpc) is 2.76. The lowest BCUT2D eigenvalue weighted by molar-refractivity contribution is 0.285. The largest absolute Gasteiger partial charge is 0.339 e. The molecule has 1 aromatic carbocycles. The van der Waals surface area contributed by atoms with E-state index in [1.54, 1.807) is 0 Å². The van der Waals surface area contributed by atoms with Crippen LogP contribution in [0.3, 0.4) is 0 Å². The van der Waals surface area contributed by atoms with E-state index in [1.807, 2.05) is 18.2 Å². The molecule has 0 aliphatic carbocycles. The molecule has 0 aliphatic rings. The summed E-state index contributed by atoms with van der Waals surface area (Å²) in [7, 11) is 0. The van der Waals surface area contributed by atoms with Gasteiger partial charge in [0.25, 0.3) is 0 Å². The lowest BCUT2D eigenvalue weighted by Crippen LogP contribution is -2.37. The van der Waals surface area contributed by atoms with Crippen LogP contribution in [-0.4, -0.2) is 16.2 Å². The summed E-state index contributed by atoms with van der Waals surface area (Å²) in [5.74, 6) is 1.33. The van der Waals surface area contributed by atoms with Crippen molar-refractivity contribution in [3.05, 3.63) is 47.6 Å². The SMILES string of the molecule is CC(C)(C)C(N)Cc1nc(Cc2ccccc2)no1. The number of benzene rings is 1. The molecule has 1 atom stereocenters. The molecule has 1 unspecified atom stereocenters.